The lowest BCUT2D eigenvalue weighted by atomic mass is 10.2. The molecule has 0 aliphatic heterocycles. The summed E-state index contributed by atoms with van der Waals surface area (Å²) in [4.78, 5) is 28.1. The fourth-order valence-electron chi connectivity index (χ4n) is 1.78. The zero-order chi connectivity index (χ0) is 14.5. The molecule has 0 fully saturated rings. The summed E-state index contributed by atoms with van der Waals surface area (Å²) >= 11 is 0. The van der Waals surface area contributed by atoms with E-state index in [1.165, 1.54) is 0 Å². The third-order valence-corrected chi connectivity index (χ3v) is 3.14. The third-order valence-electron chi connectivity index (χ3n) is 3.14. The van der Waals surface area contributed by atoms with Gasteiger partial charge in [-0.1, -0.05) is 13.0 Å². The Hall–Kier alpha value is -2.08. The number of amides is 1. The number of ether oxygens (including phenoxy) is 1. The highest BCUT2D eigenvalue weighted by molar-refractivity contribution is 5.78. The Labute approximate surface area is 116 Å². The predicted octanol–water partition coefficient (Wildman–Crippen LogP) is 1.29. The Balaban J connectivity index is 1.88. The molecule has 0 radical (unpaired) electrons. The number of aromatic amines is 2. The summed E-state index contributed by atoms with van der Waals surface area (Å²) in [7, 11) is 0. The summed E-state index contributed by atoms with van der Waals surface area (Å²) in [6.45, 7) is 4.42. The van der Waals surface area contributed by atoms with Gasteiger partial charge in [-0.2, -0.15) is 0 Å². The van der Waals surface area contributed by atoms with E-state index in [0.717, 1.165) is 23.0 Å². The monoisotopic (exact) mass is 277 g/mol. The molecule has 2 aromatic rings. The lowest BCUT2D eigenvalue weighted by molar-refractivity contribution is -0.127. The third kappa shape index (κ3) is 3.71. The molecule has 0 aliphatic rings. The van der Waals surface area contributed by atoms with Gasteiger partial charge in [-0.25, -0.2) is 4.79 Å². The molecule has 6 nitrogen and oxygen atoms in total. The topological polar surface area (TPSA) is 87.0 Å². The summed E-state index contributed by atoms with van der Waals surface area (Å²) in [5, 5.41) is 2.78. The normalized spacial score (nSPS) is 12.5. The number of carbonyl (C=O) groups is 1. The van der Waals surface area contributed by atoms with Gasteiger partial charge in [0.05, 0.1) is 17.1 Å². The highest BCUT2D eigenvalue weighted by atomic mass is 16.5. The van der Waals surface area contributed by atoms with Gasteiger partial charge < -0.3 is 20.0 Å². The molecule has 0 bridgehead atoms. The summed E-state index contributed by atoms with van der Waals surface area (Å²) in [5.74, 6) is -0.145. The van der Waals surface area contributed by atoms with Crippen LogP contribution >= 0.6 is 0 Å². The molecule has 0 aliphatic carbocycles. The Kier molecular flexibility index (Phi) is 4.57. The first-order valence-corrected chi connectivity index (χ1v) is 6.67. The number of aromatic nitrogens is 2. The predicted molar refractivity (Wildman–Crippen MR) is 76.5 cm³/mol. The molecular formula is C14H19N3O3. The lowest BCUT2D eigenvalue weighted by Gasteiger charge is -2.10. The first kappa shape index (κ1) is 14.3. The molecule has 1 aromatic heterocycles. The highest BCUT2D eigenvalue weighted by Crippen LogP contribution is 2.09. The lowest BCUT2D eigenvalue weighted by Crippen LogP contribution is -2.28. The van der Waals surface area contributed by atoms with Crippen LogP contribution in [0.15, 0.2) is 23.0 Å². The van der Waals surface area contributed by atoms with Crippen LogP contribution in [-0.2, 0) is 16.1 Å². The van der Waals surface area contributed by atoms with Crippen molar-refractivity contribution < 1.29 is 9.53 Å². The van der Waals surface area contributed by atoms with Crippen LogP contribution in [0.4, 0.5) is 0 Å². The molecule has 0 spiro atoms. The van der Waals surface area contributed by atoms with Crippen LogP contribution in [0.25, 0.3) is 11.0 Å². The van der Waals surface area contributed by atoms with Gasteiger partial charge in [0.1, 0.15) is 6.61 Å². The smallest absolute Gasteiger partial charge is 0.323 e. The molecule has 3 N–H and O–H groups in total. The average Bonchev–Trinajstić information content (AvgIpc) is 2.81. The van der Waals surface area contributed by atoms with Crippen LogP contribution in [0.3, 0.4) is 0 Å². The van der Waals surface area contributed by atoms with Crippen molar-refractivity contribution in [2.75, 3.05) is 6.61 Å². The maximum Gasteiger partial charge on any atom is 0.323 e. The Bertz CT molecular complexity index is 644. The number of carbonyl (C=O) groups excluding carboxylic acids is 1. The van der Waals surface area contributed by atoms with Crippen LogP contribution in [0.2, 0.25) is 0 Å². The number of nitrogens with one attached hydrogen (secondary N) is 3. The number of rotatable bonds is 6. The first-order valence-electron chi connectivity index (χ1n) is 6.67. The summed E-state index contributed by atoms with van der Waals surface area (Å²) in [6, 6.07) is 5.51. The number of hydrogen-bond donors (Lipinski definition) is 3. The zero-order valence-electron chi connectivity index (χ0n) is 11.7. The van der Waals surface area contributed by atoms with Gasteiger partial charge in [-0.15, -0.1) is 0 Å². The number of benzene rings is 1. The minimum absolute atomic E-state index is 0.0677. The largest absolute Gasteiger partial charge is 0.369 e. The molecule has 0 saturated heterocycles. The standard InChI is InChI=1S/C14H19N3O3/c1-3-9(2)20-8-13(18)15-7-10-4-5-11-12(6-10)17-14(19)16-11/h4-6,9H,3,7-8H2,1-2H3,(H,15,18)(H2,16,17,19)/t9-/m1/s1. The SMILES string of the molecule is CC[C@@H](C)OCC(=O)NCc1ccc2[nH]c(=O)[nH]c2c1. The molecule has 0 unspecified atom stereocenters. The molecule has 1 atom stereocenters. The van der Waals surface area contributed by atoms with Crippen molar-refractivity contribution in [1.29, 1.82) is 0 Å². The van der Waals surface area contributed by atoms with E-state index in [2.05, 4.69) is 15.3 Å². The van der Waals surface area contributed by atoms with Gasteiger partial charge in [0.25, 0.3) is 0 Å². The Morgan fingerprint density at radius 1 is 1.35 bits per heavy atom. The number of imidazole rings is 1. The van der Waals surface area contributed by atoms with Crippen molar-refractivity contribution >= 4 is 16.9 Å². The Morgan fingerprint density at radius 3 is 2.85 bits per heavy atom. The second-order valence-electron chi connectivity index (χ2n) is 4.77. The van der Waals surface area contributed by atoms with Crippen LogP contribution in [0, 0.1) is 0 Å². The molecule has 1 amide bonds. The van der Waals surface area contributed by atoms with Crippen LogP contribution in [0.1, 0.15) is 25.8 Å². The number of fused-ring (bicyclic) bond motifs is 1. The van der Waals surface area contributed by atoms with E-state index in [1.807, 2.05) is 32.0 Å². The van der Waals surface area contributed by atoms with Crippen molar-refractivity contribution in [1.82, 2.24) is 15.3 Å². The van der Waals surface area contributed by atoms with Gasteiger partial charge >= 0.3 is 5.69 Å². The number of H-pyrrole nitrogens is 2. The van der Waals surface area contributed by atoms with Crippen molar-refractivity contribution in [3.05, 3.63) is 34.2 Å². The van der Waals surface area contributed by atoms with Crippen molar-refractivity contribution in [3.63, 3.8) is 0 Å². The molecular weight excluding hydrogens is 258 g/mol. The molecule has 1 aromatic carbocycles. The first-order chi connectivity index (χ1) is 9.58. The molecule has 6 heteroatoms. The van der Waals surface area contributed by atoms with Gasteiger partial charge in [-0.3, -0.25) is 4.79 Å². The fourth-order valence-corrected chi connectivity index (χ4v) is 1.78. The molecule has 0 saturated carbocycles. The Morgan fingerprint density at radius 2 is 2.10 bits per heavy atom. The second kappa shape index (κ2) is 6.38. The molecule has 108 valence electrons. The van der Waals surface area contributed by atoms with E-state index in [1.54, 1.807) is 0 Å². The summed E-state index contributed by atoms with van der Waals surface area (Å²) in [5.41, 5.74) is 2.18. The molecule has 20 heavy (non-hydrogen) atoms. The maximum absolute atomic E-state index is 11.6. The van der Waals surface area contributed by atoms with E-state index in [0.29, 0.717) is 6.54 Å². The van der Waals surface area contributed by atoms with E-state index in [-0.39, 0.29) is 24.3 Å². The van der Waals surface area contributed by atoms with Gasteiger partial charge in [0.15, 0.2) is 0 Å². The van der Waals surface area contributed by atoms with Crippen molar-refractivity contribution in [2.45, 2.75) is 32.9 Å². The quantitative estimate of drug-likeness (QED) is 0.743. The number of hydrogen-bond acceptors (Lipinski definition) is 3. The zero-order valence-corrected chi connectivity index (χ0v) is 11.7. The summed E-state index contributed by atoms with van der Waals surface area (Å²) < 4.78 is 5.35. The maximum atomic E-state index is 11.6. The van der Waals surface area contributed by atoms with Crippen molar-refractivity contribution in [3.8, 4) is 0 Å². The van der Waals surface area contributed by atoms with E-state index in [4.69, 9.17) is 4.74 Å². The average molecular weight is 277 g/mol. The van der Waals surface area contributed by atoms with E-state index < -0.39 is 0 Å². The van der Waals surface area contributed by atoms with Crippen LogP contribution < -0.4 is 11.0 Å². The van der Waals surface area contributed by atoms with E-state index in [9.17, 15) is 9.59 Å². The van der Waals surface area contributed by atoms with Crippen LogP contribution in [0.5, 0.6) is 0 Å². The molecule has 2 rings (SSSR count). The second-order valence-corrected chi connectivity index (χ2v) is 4.77. The van der Waals surface area contributed by atoms with Gasteiger partial charge in [-0.05, 0) is 31.0 Å². The van der Waals surface area contributed by atoms with Crippen LogP contribution in [-0.4, -0.2) is 28.6 Å². The summed E-state index contributed by atoms with van der Waals surface area (Å²) in [6.07, 6.45) is 0.965. The van der Waals surface area contributed by atoms with Gasteiger partial charge in [0, 0.05) is 6.54 Å². The van der Waals surface area contributed by atoms with Crippen molar-refractivity contribution in [2.24, 2.45) is 0 Å². The fraction of sp³-hybridized carbons (Fsp3) is 0.429. The minimum Gasteiger partial charge on any atom is -0.369 e. The van der Waals surface area contributed by atoms with E-state index >= 15 is 0 Å². The highest BCUT2D eigenvalue weighted by Gasteiger charge is 2.05. The molecule has 1 heterocycles. The minimum atomic E-state index is -0.233. The van der Waals surface area contributed by atoms with Gasteiger partial charge in [0.2, 0.25) is 5.91 Å².